The molecule has 2 saturated heterocycles. The van der Waals surface area contributed by atoms with Crippen molar-refractivity contribution in [2.24, 2.45) is 0 Å². The molecule has 0 bridgehead atoms. The summed E-state index contributed by atoms with van der Waals surface area (Å²) >= 11 is 0. The van der Waals surface area contributed by atoms with Crippen LogP contribution in [0.2, 0.25) is 0 Å². The first-order valence-electron chi connectivity index (χ1n) is 8.34. The SMILES string of the molecule is C#Cc1c[nH]c(=O)c(N2CCOC3(COC3)C2C)c1.CC.CC. The van der Waals surface area contributed by atoms with Crippen molar-refractivity contribution in [2.45, 2.75) is 46.3 Å². The molecule has 1 atom stereocenters. The second-order valence-electron chi connectivity index (χ2n) is 5.02. The van der Waals surface area contributed by atoms with Crippen LogP contribution in [-0.4, -0.2) is 43.0 Å². The van der Waals surface area contributed by atoms with Gasteiger partial charge in [0.2, 0.25) is 0 Å². The van der Waals surface area contributed by atoms with Gasteiger partial charge < -0.3 is 19.4 Å². The molecule has 2 aliphatic rings. The Morgan fingerprint density at radius 3 is 2.52 bits per heavy atom. The van der Waals surface area contributed by atoms with Crippen LogP contribution in [0, 0.1) is 12.3 Å². The van der Waals surface area contributed by atoms with E-state index >= 15 is 0 Å². The Hall–Kier alpha value is -1.77. The van der Waals surface area contributed by atoms with E-state index in [4.69, 9.17) is 15.9 Å². The van der Waals surface area contributed by atoms with E-state index in [0.717, 1.165) is 0 Å². The highest BCUT2D eigenvalue weighted by molar-refractivity contribution is 5.51. The van der Waals surface area contributed by atoms with E-state index in [9.17, 15) is 4.79 Å². The number of pyridine rings is 1. The van der Waals surface area contributed by atoms with Gasteiger partial charge in [-0.25, -0.2) is 0 Å². The Labute approximate surface area is 139 Å². The third-order valence-electron chi connectivity index (χ3n) is 4.00. The number of hydrogen-bond acceptors (Lipinski definition) is 4. The van der Waals surface area contributed by atoms with Crippen LogP contribution in [0.5, 0.6) is 0 Å². The largest absolute Gasteiger partial charge is 0.375 e. The molecule has 3 rings (SSSR count). The number of aromatic amines is 1. The first-order chi connectivity index (χ1) is 11.2. The Balaban J connectivity index is 0.000000615. The number of nitrogens with one attached hydrogen (secondary N) is 1. The van der Waals surface area contributed by atoms with Crippen molar-refractivity contribution >= 4 is 5.69 Å². The van der Waals surface area contributed by atoms with E-state index in [-0.39, 0.29) is 17.2 Å². The second-order valence-corrected chi connectivity index (χ2v) is 5.02. The van der Waals surface area contributed by atoms with Gasteiger partial charge in [-0.3, -0.25) is 4.79 Å². The Kier molecular flexibility index (Phi) is 7.34. The highest BCUT2D eigenvalue weighted by Gasteiger charge is 2.50. The number of aromatic nitrogens is 1. The van der Waals surface area contributed by atoms with Crippen LogP contribution in [0.3, 0.4) is 0 Å². The molecule has 128 valence electrons. The summed E-state index contributed by atoms with van der Waals surface area (Å²) in [5.74, 6) is 2.54. The molecule has 0 radical (unpaired) electrons. The topological polar surface area (TPSA) is 54.6 Å². The smallest absolute Gasteiger partial charge is 0.271 e. The highest BCUT2D eigenvalue weighted by atomic mass is 16.6. The first-order valence-corrected chi connectivity index (χ1v) is 8.34. The average Bonchev–Trinajstić information content (AvgIpc) is 2.58. The number of H-pyrrole nitrogens is 1. The van der Waals surface area contributed by atoms with E-state index < -0.39 is 0 Å². The molecular weight excluding hydrogens is 292 g/mol. The van der Waals surface area contributed by atoms with Crippen LogP contribution in [0.25, 0.3) is 0 Å². The van der Waals surface area contributed by atoms with E-state index in [1.165, 1.54) is 0 Å². The molecule has 0 amide bonds. The summed E-state index contributed by atoms with van der Waals surface area (Å²) in [6.45, 7) is 12.5. The van der Waals surface area contributed by atoms with Crippen molar-refractivity contribution in [2.75, 3.05) is 31.3 Å². The number of rotatable bonds is 1. The summed E-state index contributed by atoms with van der Waals surface area (Å²) in [5.41, 5.74) is 0.879. The lowest BCUT2D eigenvalue weighted by molar-refractivity contribution is -0.228. The lowest BCUT2D eigenvalue weighted by atomic mass is 9.90. The summed E-state index contributed by atoms with van der Waals surface area (Å²) < 4.78 is 11.1. The fourth-order valence-corrected chi connectivity index (χ4v) is 2.67. The van der Waals surface area contributed by atoms with E-state index in [1.54, 1.807) is 12.3 Å². The third-order valence-corrected chi connectivity index (χ3v) is 4.00. The molecular formula is C18H28N2O3. The van der Waals surface area contributed by atoms with Crippen LogP contribution < -0.4 is 10.5 Å². The summed E-state index contributed by atoms with van der Waals surface area (Å²) in [6, 6.07) is 1.84. The van der Waals surface area contributed by atoms with Gasteiger partial charge in [-0.2, -0.15) is 0 Å². The molecule has 23 heavy (non-hydrogen) atoms. The molecule has 2 fully saturated rings. The predicted molar refractivity (Wildman–Crippen MR) is 94.0 cm³/mol. The summed E-state index contributed by atoms with van der Waals surface area (Å²) in [6.07, 6.45) is 6.94. The van der Waals surface area contributed by atoms with Gasteiger partial charge in [-0.1, -0.05) is 33.6 Å². The zero-order chi connectivity index (χ0) is 17.5. The van der Waals surface area contributed by atoms with Crippen LogP contribution in [-0.2, 0) is 9.47 Å². The number of hydrogen-bond donors (Lipinski definition) is 1. The molecule has 1 aromatic heterocycles. The molecule has 1 unspecified atom stereocenters. The Morgan fingerprint density at radius 1 is 1.35 bits per heavy atom. The predicted octanol–water partition coefficient (Wildman–Crippen LogP) is 2.40. The van der Waals surface area contributed by atoms with Crippen molar-refractivity contribution in [3.05, 3.63) is 28.2 Å². The van der Waals surface area contributed by atoms with Gasteiger partial charge in [0.25, 0.3) is 5.56 Å². The van der Waals surface area contributed by atoms with Crippen molar-refractivity contribution in [3.8, 4) is 12.3 Å². The molecule has 5 heteroatoms. The summed E-state index contributed by atoms with van der Waals surface area (Å²) in [4.78, 5) is 16.8. The van der Waals surface area contributed by atoms with Crippen molar-refractivity contribution < 1.29 is 9.47 Å². The van der Waals surface area contributed by atoms with Crippen molar-refractivity contribution in [3.63, 3.8) is 0 Å². The van der Waals surface area contributed by atoms with Gasteiger partial charge >= 0.3 is 0 Å². The van der Waals surface area contributed by atoms with Gasteiger partial charge in [0.05, 0.1) is 25.9 Å². The maximum Gasteiger partial charge on any atom is 0.271 e. The van der Waals surface area contributed by atoms with Crippen LogP contribution in [0.1, 0.15) is 40.2 Å². The molecule has 3 heterocycles. The Morgan fingerprint density at radius 2 is 2.00 bits per heavy atom. The molecule has 0 aromatic carbocycles. The zero-order valence-corrected chi connectivity index (χ0v) is 14.8. The molecule has 1 aromatic rings. The number of terminal acetylenes is 1. The minimum Gasteiger partial charge on any atom is -0.375 e. The molecule has 1 spiro atoms. The number of nitrogens with zero attached hydrogens (tertiary/aromatic N) is 1. The van der Waals surface area contributed by atoms with E-state index in [2.05, 4.69) is 22.7 Å². The summed E-state index contributed by atoms with van der Waals surface area (Å²) in [5, 5.41) is 0. The van der Waals surface area contributed by atoms with Gasteiger partial charge in [-0.05, 0) is 13.0 Å². The van der Waals surface area contributed by atoms with Gasteiger partial charge in [-0.15, -0.1) is 6.42 Å². The normalized spacial score (nSPS) is 21.0. The van der Waals surface area contributed by atoms with E-state index in [1.807, 2.05) is 27.7 Å². The van der Waals surface area contributed by atoms with Gasteiger partial charge in [0.15, 0.2) is 0 Å². The van der Waals surface area contributed by atoms with E-state index in [0.29, 0.717) is 37.6 Å². The quantitative estimate of drug-likeness (QED) is 0.807. The minimum absolute atomic E-state index is 0.0872. The minimum atomic E-state index is -0.281. The van der Waals surface area contributed by atoms with Gasteiger partial charge in [0, 0.05) is 18.3 Å². The molecule has 2 aliphatic heterocycles. The Bertz CT molecular complexity index is 585. The van der Waals surface area contributed by atoms with Crippen LogP contribution >= 0.6 is 0 Å². The molecule has 0 saturated carbocycles. The zero-order valence-electron chi connectivity index (χ0n) is 14.8. The molecule has 5 nitrogen and oxygen atoms in total. The monoisotopic (exact) mass is 320 g/mol. The number of morpholine rings is 1. The summed E-state index contributed by atoms with van der Waals surface area (Å²) in [7, 11) is 0. The maximum absolute atomic E-state index is 12.0. The third kappa shape index (κ3) is 3.77. The van der Waals surface area contributed by atoms with Crippen LogP contribution in [0.15, 0.2) is 17.1 Å². The lowest BCUT2D eigenvalue weighted by Crippen LogP contribution is -2.68. The maximum atomic E-state index is 12.0. The lowest BCUT2D eigenvalue weighted by Gasteiger charge is -2.53. The first kappa shape index (κ1) is 19.3. The van der Waals surface area contributed by atoms with Crippen molar-refractivity contribution in [1.82, 2.24) is 4.98 Å². The van der Waals surface area contributed by atoms with Gasteiger partial charge in [0.1, 0.15) is 11.3 Å². The average molecular weight is 320 g/mol. The fraction of sp³-hybridized carbons (Fsp3) is 0.611. The van der Waals surface area contributed by atoms with Crippen molar-refractivity contribution in [1.29, 1.82) is 0 Å². The second kappa shape index (κ2) is 8.76. The standard InChI is InChI=1S/C14H16N2O3.2C2H6/c1-3-11-6-12(13(17)15-7-11)16-4-5-19-14(10(16)2)8-18-9-14;2*1-2/h1,6-7,10H,4-5,8-9H2,2H3,(H,15,17);2*1-2H3. The number of ether oxygens (including phenoxy) is 2. The molecule has 0 aliphatic carbocycles. The highest BCUT2D eigenvalue weighted by Crippen LogP contribution is 2.33. The number of anilines is 1. The van der Waals surface area contributed by atoms with Crippen LogP contribution in [0.4, 0.5) is 5.69 Å². The molecule has 1 N–H and O–H groups in total. The fourth-order valence-electron chi connectivity index (χ4n) is 2.67.